The van der Waals surface area contributed by atoms with Crippen LogP contribution < -0.4 is 5.73 Å². The monoisotopic (exact) mass is 199 g/mol. The molecule has 6 heteroatoms. The molecule has 0 bridgehead atoms. The lowest BCUT2D eigenvalue weighted by Crippen LogP contribution is -2.25. The Labute approximate surface area is 83.1 Å². The molecule has 0 aliphatic heterocycles. The lowest BCUT2D eigenvalue weighted by molar-refractivity contribution is 0.159. The van der Waals surface area contributed by atoms with E-state index in [9.17, 15) is 5.11 Å². The van der Waals surface area contributed by atoms with Gasteiger partial charge in [0.15, 0.2) is 0 Å². The van der Waals surface area contributed by atoms with Crippen LogP contribution in [0.15, 0.2) is 0 Å². The fraction of sp³-hybridized carbons (Fsp3) is 0.875. The Bertz CT molecular complexity index is 290. The van der Waals surface area contributed by atoms with Crippen molar-refractivity contribution in [3.63, 3.8) is 0 Å². The molecule has 0 saturated heterocycles. The molecule has 1 rings (SSSR count). The number of aliphatic hydroxyl groups is 1. The Morgan fingerprint density at radius 3 is 2.57 bits per heavy atom. The number of nitrogens with two attached hydrogens (primary N) is 1. The van der Waals surface area contributed by atoms with Crippen LogP contribution in [0, 0.1) is 0 Å². The first-order valence-corrected chi connectivity index (χ1v) is 4.63. The summed E-state index contributed by atoms with van der Waals surface area (Å²) < 4.78 is 0. The minimum atomic E-state index is -0.712. The summed E-state index contributed by atoms with van der Waals surface area (Å²) in [7, 11) is 0. The third kappa shape index (κ3) is 2.49. The summed E-state index contributed by atoms with van der Waals surface area (Å²) in [5.41, 5.74) is 5.10. The van der Waals surface area contributed by atoms with Gasteiger partial charge in [0.25, 0.3) is 0 Å². The largest absolute Gasteiger partial charge is 0.385 e. The lowest BCUT2D eigenvalue weighted by atomic mass is 10.1. The van der Waals surface area contributed by atoms with E-state index < -0.39 is 6.10 Å². The SMILES string of the molecule is CC(C)(C)n1nnc([C@@H](O)CCN)n1. The van der Waals surface area contributed by atoms with Gasteiger partial charge in [-0.25, -0.2) is 0 Å². The van der Waals surface area contributed by atoms with Crippen molar-refractivity contribution in [3.8, 4) is 0 Å². The minimum absolute atomic E-state index is 0.215. The fourth-order valence-corrected chi connectivity index (χ4v) is 0.930. The molecule has 1 atom stereocenters. The Balaban J connectivity index is 2.78. The van der Waals surface area contributed by atoms with Crippen LogP contribution in [0.25, 0.3) is 0 Å². The first kappa shape index (κ1) is 11.1. The summed E-state index contributed by atoms with van der Waals surface area (Å²) in [5.74, 6) is 0.338. The molecule has 0 radical (unpaired) electrons. The number of hydrogen-bond donors (Lipinski definition) is 2. The van der Waals surface area contributed by atoms with E-state index in [4.69, 9.17) is 5.73 Å². The van der Waals surface area contributed by atoms with Gasteiger partial charge in [-0.3, -0.25) is 0 Å². The van der Waals surface area contributed by atoms with E-state index >= 15 is 0 Å². The lowest BCUT2D eigenvalue weighted by Gasteiger charge is -2.15. The average Bonchev–Trinajstić information content (AvgIpc) is 2.51. The first-order valence-electron chi connectivity index (χ1n) is 4.63. The predicted octanol–water partition coefficient (Wildman–Crippen LogP) is -0.190. The smallest absolute Gasteiger partial charge is 0.203 e. The van der Waals surface area contributed by atoms with Crippen LogP contribution in [-0.2, 0) is 5.54 Å². The second kappa shape index (κ2) is 4.02. The summed E-state index contributed by atoms with van der Waals surface area (Å²) in [6.45, 7) is 6.31. The third-order valence-corrected chi connectivity index (χ3v) is 1.77. The number of aliphatic hydroxyl groups excluding tert-OH is 1. The highest BCUT2D eigenvalue weighted by atomic mass is 16.3. The van der Waals surface area contributed by atoms with Crippen LogP contribution in [0.4, 0.5) is 0 Å². The molecule has 3 N–H and O–H groups in total. The van der Waals surface area contributed by atoms with Crippen LogP contribution in [0.5, 0.6) is 0 Å². The summed E-state index contributed by atoms with van der Waals surface area (Å²) in [4.78, 5) is 1.49. The molecule has 80 valence electrons. The van der Waals surface area contributed by atoms with Gasteiger partial charge in [0, 0.05) is 0 Å². The highest BCUT2D eigenvalue weighted by Gasteiger charge is 2.19. The summed E-state index contributed by atoms with van der Waals surface area (Å²) >= 11 is 0. The standard InChI is InChI=1S/C8H17N5O/c1-8(2,3)13-11-7(10-12-13)6(14)4-5-9/h6,14H,4-5,9H2,1-3H3/t6-/m0/s1. The number of aromatic nitrogens is 4. The molecule has 1 aromatic heterocycles. The van der Waals surface area contributed by atoms with Gasteiger partial charge in [-0.2, -0.15) is 4.80 Å². The van der Waals surface area contributed by atoms with Crippen molar-refractivity contribution in [1.82, 2.24) is 20.2 Å². The zero-order valence-corrected chi connectivity index (χ0v) is 8.80. The topological polar surface area (TPSA) is 89.8 Å². The molecule has 14 heavy (non-hydrogen) atoms. The van der Waals surface area contributed by atoms with Gasteiger partial charge in [-0.05, 0) is 39.0 Å². The normalized spacial score (nSPS) is 14.4. The Hall–Kier alpha value is -1.01. The summed E-state index contributed by atoms with van der Waals surface area (Å²) in [6.07, 6.45) is -0.258. The average molecular weight is 199 g/mol. The Morgan fingerprint density at radius 2 is 2.14 bits per heavy atom. The maximum absolute atomic E-state index is 9.54. The molecule has 0 saturated carbocycles. The second-order valence-electron chi connectivity index (χ2n) is 4.20. The second-order valence-corrected chi connectivity index (χ2v) is 4.20. The predicted molar refractivity (Wildman–Crippen MR) is 51.4 cm³/mol. The quantitative estimate of drug-likeness (QED) is 0.704. The van der Waals surface area contributed by atoms with Gasteiger partial charge in [0.2, 0.25) is 5.82 Å². The van der Waals surface area contributed by atoms with E-state index in [1.54, 1.807) is 0 Å². The van der Waals surface area contributed by atoms with Crippen LogP contribution in [-0.4, -0.2) is 31.9 Å². The fourth-order valence-electron chi connectivity index (χ4n) is 0.930. The number of tetrazole rings is 1. The Morgan fingerprint density at radius 1 is 1.50 bits per heavy atom. The van der Waals surface area contributed by atoms with Crippen molar-refractivity contribution in [3.05, 3.63) is 5.82 Å². The number of rotatable bonds is 3. The molecule has 0 fully saturated rings. The van der Waals surface area contributed by atoms with Crippen molar-refractivity contribution >= 4 is 0 Å². The molecule has 0 unspecified atom stereocenters. The van der Waals surface area contributed by atoms with Crippen LogP contribution in [0.1, 0.15) is 39.1 Å². The highest BCUT2D eigenvalue weighted by Crippen LogP contribution is 2.13. The summed E-state index contributed by atoms with van der Waals surface area (Å²) in [5, 5.41) is 21.3. The van der Waals surface area contributed by atoms with Gasteiger partial charge < -0.3 is 10.8 Å². The third-order valence-electron chi connectivity index (χ3n) is 1.77. The van der Waals surface area contributed by atoms with Crippen LogP contribution >= 0.6 is 0 Å². The molecular weight excluding hydrogens is 182 g/mol. The van der Waals surface area contributed by atoms with Crippen molar-refractivity contribution < 1.29 is 5.11 Å². The van der Waals surface area contributed by atoms with Crippen LogP contribution in [0.2, 0.25) is 0 Å². The van der Waals surface area contributed by atoms with Crippen LogP contribution in [0.3, 0.4) is 0 Å². The van der Waals surface area contributed by atoms with Gasteiger partial charge in [0.1, 0.15) is 6.10 Å². The molecular formula is C8H17N5O. The van der Waals surface area contributed by atoms with Crippen molar-refractivity contribution in [1.29, 1.82) is 0 Å². The molecule has 1 heterocycles. The van der Waals surface area contributed by atoms with E-state index in [-0.39, 0.29) is 5.54 Å². The van der Waals surface area contributed by atoms with Crippen molar-refractivity contribution in [2.24, 2.45) is 5.73 Å². The van der Waals surface area contributed by atoms with Gasteiger partial charge in [0.05, 0.1) is 5.54 Å². The molecule has 0 aliphatic carbocycles. The van der Waals surface area contributed by atoms with Gasteiger partial charge in [-0.1, -0.05) is 0 Å². The van der Waals surface area contributed by atoms with E-state index in [0.717, 1.165) is 0 Å². The van der Waals surface area contributed by atoms with E-state index in [1.807, 2.05) is 20.8 Å². The minimum Gasteiger partial charge on any atom is -0.385 e. The first-order chi connectivity index (χ1) is 6.45. The Kier molecular flexibility index (Phi) is 3.17. The maximum Gasteiger partial charge on any atom is 0.203 e. The van der Waals surface area contributed by atoms with Crippen molar-refractivity contribution in [2.75, 3.05) is 6.54 Å². The number of hydrogen-bond acceptors (Lipinski definition) is 5. The maximum atomic E-state index is 9.54. The van der Waals surface area contributed by atoms with E-state index in [2.05, 4.69) is 15.4 Å². The zero-order valence-electron chi connectivity index (χ0n) is 8.80. The van der Waals surface area contributed by atoms with Crippen molar-refractivity contribution in [2.45, 2.75) is 38.8 Å². The zero-order chi connectivity index (χ0) is 10.8. The molecule has 0 aromatic carbocycles. The molecule has 0 amide bonds. The molecule has 1 aromatic rings. The van der Waals surface area contributed by atoms with Gasteiger partial charge in [-0.15, -0.1) is 10.2 Å². The molecule has 6 nitrogen and oxygen atoms in total. The molecule has 0 spiro atoms. The highest BCUT2D eigenvalue weighted by molar-refractivity contribution is 4.85. The summed E-state index contributed by atoms with van der Waals surface area (Å²) in [6, 6.07) is 0. The van der Waals surface area contributed by atoms with E-state index in [1.165, 1.54) is 4.80 Å². The number of nitrogens with zero attached hydrogens (tertiary/aromatic N) is 4. The van der Waals surface area contributed by atoms with E-state index in [0.29, 0.717) is 18.8 Å². The van der Waals surface area contributed by atoms with Gasteiger partial charge >= 0.3 is 0 Å². The molecule has 0 aliphatic rings.